The predicted octanol–water partition coefficient (Wildman–Crippen LogP) is 2.90. The zero-order valence-corrected chi connectivity index (χ0v) is 27.3. The van der Waals surface area contributed by atoms with E-state index in [0.717, 1.165) is 50.3 Å². The Morgan fingerprint density at radius 2 is 1.64 bits per heavy atom. The van der Waals surface area contributed by atoms with Crippen molar-refractivity contribution in [3.63, 3.8) is 0 Å². The minimum Gasteiger partial charge on any atom is -0.449 e. The number of hydrogen-bond acceptors (Lipinski definition) is 9. The van der Waals surface area contributed by atoms with E-state index in [-0.39, 0.29) is 38.5 Å². The molecule has 3 heterocycles. The number of likely N-dealkylation sites (N-methyl/N-ethyl adjacent to an activating group) is 1. The number of amides is 3. The summed E-state index contributed by atoms with van der Waals surface area (Å²) in [5.74, 6) is -1.18. The monoisotopic (exact) mass is 644 g/mol. The van der Waals surface area contributed by atoms with Crippen LogP contribution >= 0.6 is 7.60 Å². The molecule has 2 fully saturated rings. The molecule has 0 aliphatic carbocycles. The van der Waals surface area contributed by atoms with Gasteiger partial charge in [0, 0.05) is 63.6 Å². The van der Waals surface area contributed by atoms with Crippen LogP contribution in [0.3, 0.4) is 0 Å². The van der Waals surface area contributed by atoms with Crippen LogP contribution < -0.4 is 10.2 Å². The Morgan fingerprint density at radius 3 is 2.29 bits per heavy atom. The van der Waals surface area contributed by atoms with Gasteiger partial charge in [-0.2, -0.15) is 0 Å². The highest BCUT2D eigenvalue weighted by molar-refractivity contribution is 7.52. The van der Waals surface area contributed by atoms with E-state index in [9.17, 15) is 23.8 Å². The van der Waals surface area contributed by atoms with Crippen molar-refractivity contribution in [3.8, 4) is 11.3 Å². The van der Waals surface area contributed by atoms with Gasteiger partial charge >= 0.3 is 13.7 Å². The van der Waals surface area contributed by atoms with Crippen molar-refractivity contribution in [1.29, 1.82) is 0 Å². The Hall–Kier alpha value is -3.51. The van der Waals surface area contributed by atoms with E-state index >= 15 is 0 Å². The number of anilines is 1. The van der Waals surface area contributed by atoms with Gasteiger partial charge in [-0.15, -0.1) is 0 Å². The molecule has 0 saturated carbocycles. The molecular weight excluding hydrogens is 599 g/mol. The number of piperazine rings is 2. The van der Waals surface area contributed by atoms with Crippen molar-refractivity contribution in [1.82, 2.24) is 25.0 Å². The topological polar surface area (TPSA) is 145 Å². The largest absolute Gasteiger partial charge is 0.449 e. The van der Waals surface area contributed by atoms with E-state index in [2.05, 4.69) is 27.1 Å². The number of nitrogens with zero attached hydrogens (tertiary/aromatic N) is 5. The van der Waals surface area contributed by atoms with Crippen LogP contribution in [0.1, 0.15) is 37.2 Å². The highest BCUT2D eigenvalue weighted by Gasteiger charge is 2.36. The quantitative estimate of drug-likeness (QED) is 0.261. The summed E-state index contributed by atoms with van der Waals surface area (Å²) in [6, 6.07) is 11.8. The van der Waals surface area contributed by atoms with Gasteiger partial charge in [-0.05, 0) is 32.5 Å². The standard InChI is InChI=1S/C31H45N6O7P/c1-4-6-20-43-31(40)37-18-16-36(17-19-37)30(39)28(23-45(41,42)44-5-2)33-29(38)27-22-25(35-14-12-34(3)13-15-35)21-26(32-27)24-10-8-7-9-11-24/h7-11,21-22,28H,4-6,12-20,23H2,1-3H3,(H,33,38)(H,41,42). The Labute approximate surface area is 265 Å². The molecule has 2 aliphatic rings. The number of carbonyl (C=O) groups excluding carboxylic acids is 3. The van der Waals surface area contributed by atoms with Gasteiger partial charge in [0.2, 0.25) is 5.91 Å². The molecule has 2 aliphatic heterocycles. The van der Waals surface area contributed by atoms with E-state index in [1.54, 1.807) is 13.0 Å². The third-order valence-corrected chi connectivity index (χ3v) is 9.39. The molecule has 2 N–H and O–H groups in total. The summed E-state index contributed by atoms with van der Waals surface area (Å²) in [6.07, 6.45) is 0.640. The van der Waals surface area contributed by atoms with Crippen molar-refractivity contribution < 1.29 is 33.1 Å². The van der Waals surface area contributed by atoms with E-state index < -0.39 is 37.7 Å². The second-order valence-electron chi connectivity index (χ2n) is 11.3. The molecule has 13 nitrogen and oxygen atoms in total. The Morgan fingerprint density at radius 1 is 0.978 bits per heavy atom. The lowest BCUT2D eigenvalue weighted by Gasteiger charge is -2.36. The summed E-state index contributed by atoms with van der Waals surface area (Å²) in [7, 11) is -2.15. The van der Waals surface area contributed by atoms with Crippen LogP contribution in [0, 0.1) is 0 Å². The second kappa shape index (κ2) is 16.2. The molecule has 45 heavy (non-hydrogen) atoms. The second-order valence-corrected chi connectivity index (χ2v) is 13.2. The number of aromatic nitrogens is 1. The van der Waals surface area contributed by atoms with Crippen molar-refractivity contribution >= 4 is 31.2 Å². The lowest BCUT2D eigenvalue weighted by atomic mass is 10.1. The number of hydrogen-bond donors (Lipinski definition) is 2. The predicted molar refractivity (Wildman–Crippen MR) is 171 cm³/mol. The summed E-state index contributed by atoms with van der Waals surface area (Å²) < 4.78 is 23.2. The van der Waals surface area contributed by atoms with Gasteiger partial charge in [0.15, 0.2) is 0 Å². The lowest BCUT2D eigenvalue weighted by molar-refractivity contribution is -0.134. The molecular formula is C31H45N6O7P. The first-order valence-corrected chi connectivity index (χ1v) is 17.3. The number of benzene rings is 1. The number of ether oxygens (including phenoxy) is 1. The Kier molecular flexibility index (Phi) is 12.3. The maximum absolute atomic E-state index is 13.8. The van der Waals surface area contributed by atoms with E-state index in [1.807, 2.05) is 43.3 Å². The zero-order chi connectivity index (χ0) is 32.4. The molecule has 0 radical (unpaired) electrons. The Balaban J connectivity index is 1.55. The van der Waals surface area contributed by atoms with Crippen LogP contribution in [0.15, 0.2) is 42.5 Å². The first-order chi connectivity index (χ1) is 21.6. The van der Waals surface area contributed by atoms with Crippen molar-refractivity contribution in [2.45, 2.75) is 32.7 Å². The van der Waals surface area contributed by atoms with Crippen LogP contribution in [0.4, 0.5) is 10.5 Å². The maximum Gasteiger partial charge on any atom is 0.409 e. The first kappa shape index (κ1) is 34.4. The van der Waals surface area contributed by atoms with E-state index in [4.69, 9.17) is 9.26 Å². The van der Waals surface area contributed by atoms with Crippen LogP contribution in [0.25, 0.3) is 11.3 Å². The van der Waals surface area contributed by atoms with Gasteiger partial charge in [0.05, 0.1) is 25.1 Å². The molecule has 3 amide bonds. The summed E-state index contributed by atoms with van der Waals surface area (Å²) in [5.41, 5.74) is 2.35. The normalized spacial score (nSPS) is 17.8. The number of nitrogens with one attached hydrogen (secondary N) is 1. The molecule has 246 valence electrons. The molecule has 2 aromatic rings. The van der Waals surface area contributed by atoms with Gasteiger partial charge < -0.3 is 39.1 Å². The van der Waals surface area contributed by atoms with Crippen molar-refractivity contribution in [3.05, 3.63) is 48.2 Å². The van der Waals surface area contributed by atoms with Gasteiger partial charge in [0.1, 0.15) is 11.7 Å². The van der Waals surface area contributed by atoms with Gasteiger partial charge in [0.25, 0.3) is 5.91 Å². The first-order valence-electron chi connectivity index (χ1n) is 15.6. The van der Waals surface area contributed by atoms with Crippen molar-refractivity contribution in [2.75, 3.05) is 83.7 Å². The van der Waals surface area contributed by atoms with Crippen LogP contribution in [0.2, 0.25) is 0 Å². The maximum atomic E-state index is 13.8. The fourth-order valence-corrected chi connectivity index (χ4v) is 6.48. The molecule has 0 spiro atoms. The molecule has 14 heteroatoms. The van der Waals surface area contributed by atoms with Crippen LogP contribution in [-0.2, 0) is 18.6 Å². The lowest BCUT2D eigenvalue weighted by Crippen LogP contribution is -2.56. The number of unbranched alkanes of at least 4 members (excludes halogenated alkanes) is 1. The number of pyridine rings is 1. The molecule has 0 bridgehead atoms. The van der Waals surface area contributed by atoms with E-state index in [0.29, 0.717) is 12.3 Å². The Bertz CT molecular complexity index is 1350. The SMILES string of the molecule is CCCCOC(=O)N1CCN(C(=O)C(CP(=O)(O)OCC)NC(=O)c2cc(N3CCN(C)CC3)cc(-c3ccccc3)n2)CC1. The van der Waals surface area contributed by atoms with Gasteiger partial charge in [-0.25, -0.2) is 9.78 Å². The molecule has 2 saturated heterocycles. The smallest absolute Gasteiger partial charge is 0.409 e. The van der Waals surface area contributed by atoms with Crippen LogP contribution in [-0.4, -0.2) is 127 Å². The minimum absolute atomic E-state index is 0.0312. The summed E-state index contributed by atoms with van der Waals surface area (Å²) in [4.78, 5) is 62.4. The molecule has 2 atom stereocenters. The average molecular weight is 645 g/mol. The summed E-state index contributed by atoms with van der Waals surface area (Å²) >= 11 is 0. The highest BCUT2D eigenvalue weighted by Crippen LogP contribution is 2.42. The van der Waals surface area contributed by atoms with Crippen LogP contribution in [0.5, 0.6) is 0 Å². The molecule has 2 unspecified atom stereocenters. The molecule has 1 aromatic heterocycles. The third kappa shape index (κ3) is 9.74. The number of rotatable bonds is 12. The average Bonchev–Trinajstić information content (AvgIpc) is 3.04. The van der Waals surface area contributed by atoms with Gasteiger partial charge in [-0.3, -0.25) is 14.2 Å². The highest BCUT2D eigenvalue weighted by atomic mass is 31.2. The van der Waals surface area contributed by atoms with Gasteiger partial charge in [-0.1, -0.05) is 43.7 Å². The zero-order valence-electron chi connectivity index (χ0n) is 26.4. The number of carbonyl (C=O) groups is 3. The summed E-state index contributed by atoms with van der Waals surface area (Å²) in [5, 5.41) is 2.69. The summed E-state index contributed by atoms with van der Waals surface area (Å²) in [6.45, 7) is 8.04. The van der Waals surface area contributed by atoms with E-state index in [1.165, 1.54) is 9.80 Å². The van der Waals surface area contributed by atoms with Crippen molar-refractivity contribution in [2.24, 2.45) is 0 Å². The fraction of sp³-hybridized carbons (Fsp3) is 0.548. The molecule has 1 aromatic carbocycles. The fourth-order valence-electron chi connectivity index (χ4n) is 5.26. The molecule has 4 rings (SSSR count). The third-order valence-electron chi connectivity index (χ3n) is 7.90. The minimum atomic E-state index is -4.22.